The second-order valence-corrected chi connectivity index (χ2v) is 16.4. The molecule has 4 aliphatic rings. The number of carbonyl (C=O) groups is 2. The fourth-order valence-electron chi connectivity index (χ4n) is 9.86. The minimum absolute atomic E-state index is 0.304. The molecule has 7 heteroatoms. The number of aryl methyl sites for hydroxylation is 1. The summed E-state index contributed by atoms with van der Waals surface area (Å²) >= 11 is 11.9. The predicted molar refractivity (Wildman–Crippen MR) is 205 cm³/mol. The van der Waals surface area contributed by atoms with E-state index in [0.29, 0.717) is 42.0 Å². The zero-order valence-corrected chi connectivity index (χ0v) is 31.9. The summed E-state index contributed by atoms with van der Waals surface area (Å²) < 4.78 is 5.42. The van der Waals surface area contributed by atoms with Crippen molar-refractivity contribution in [1.82, 2.24) is 5.32 Å². The van der Waals surface area contributed by atoms with Crippen molar-refractivity contribution < 1.29 is 14.3 Å². The van der Waals surface area contributed by atoms with Gasteiger partial charge in [0.15, 0.2) is 5.78 Å². The molecule has 0 aliphatic heterocycles. The number of unbranched alkanes of at least 4 members (excludes halogenated alkanes) is 6. The van der Waals surface area contributed by atoms with Gasteiger partial charge >= 0.3 is 6.09 Å². The van der Waals surface area contributed by atoms with Crippen LogP contribution >= 0.6 is 23.2 Å². The highest BCUT2D eigenvalue weighted by Crippen LogP contribution is 2.64. The summed E-state index contributed by atoms with van der Waals surface area (Å²) in [6, 6.07) is 8.52. The fourth-order valence-corrected chi connectivity index (χ4v) is 10.3. The number of ether oxygens (including phenoxy) is 1. The Morgan fingerprint density at radius 2 is 1.63 bits per heavy atom. The van der Waals surface area contributed by atoms with Gasteiger partial charge in [0, 0.05) is 43.5 Å². The largest absolute Gasteiger partial charge is 0.450 e. The lowest BCUT2D eigenvalue weighted by molar-refractivity contribution is -0.114. The van der Waals surface area contributed by atoms with Gasteiger partial charge in [-0.2, -0.15) is 0 Å². The topological polar surface area (TPSA) is 58.6 Å². The van der Waals surface area contributed by atoms with E-state index in [0.717, 1.165) is 81.5 Å². The monoisotopic (exact) mass is 712 g/mol. The van der Waals surface area contributed by atoms with Gasteiger partial charge in [-0.05, 0) is 128 Å². The molecule has 0 saturated heterocycles. The molecular formula is C42H62Cl2N2O3. The van der Waals surface area contributed by atoms with E-state index >= 15 is 0 Å². The maximum Gasteiger partial charge on any atom is 0.407 e. The lowest BCUT2D eigenvalue weighted by Crippen LogP contribution is -2.43. The summed E-state index contributed by atoms with van der Waals surface area (Å²) in [5, 5.41) is 2.90. The number of hydrogen-bond acceptors (Lipinski definition) is 4. The molecule has 1 aromatic carbocycles. The van der Waals surface area contributed by atoms with Crippen molar-refractivity contribution in [2.75, 3.05) is 42.9 Å². The van der Waals surface area contributed by atoms with E-state index in [-0.39, 0.29) is 6.09 Å². The molecule has 1 amide bonds. The molecule has 0 radical (unpaired) electrons. The molecule has 5 atom stereocenters. The first kappa shape index (κ1) is 38.3. The van der Waals surface area contributed by atoms with Crippen LogP contribution in [0.5, 0.6) is 0 Å². The Balaban J connectivity index is 0.922. The Bertz CT molecular complexity index is 1290. The molecule has 2 fully saturated rings. The summed E-state index contributed by atoms with van der Waals surface area (Å²) in [5.41, 5.74) is 7.71. The maximum atomic E-state index is 12.2. The number of alkyl carbamates (subject to hydrolysis) is 1. The maximum absolute atomic E-state index is 12.2. The van der Waals surface area contributed by atoms with E-state index in [1.807, 2.05) is 11.6 Å². The van der Waals surface area contributed by atoms with Gasteiger partial charge in [0.05, 0.1) is 6.61 Å². The van der Waals surface area contributed by atoms with Crippen molar-refractivity contribution in [3.63, 3.8) is 0 Å². The Hall–Kier alpha value is -1.98. The van der Waals surface area contributed by atoms with Crippen LogP contribution in [0.4, 0.5) is 10.5 Å². The molecule has 2 saturated carbocycles. The van der Waals surface area contributed by atoms with Crippen LogP contribution in [0.15, 0.2) is 47.1 Å². The van der Waals surface area contributed by atoms with Crippen molar-refractivity contribution >= 4 is 40.8 Å². The molecule has 272 valence electrons. The Morgan fingerprint density at radius 1 is 0.918 bits per heavy atom. The minimum atomic E-state index is -0.304. The van der Waals surface area contributed by atoms with Crippen LogP contribution in [0.1, 0.15) is 122 Å². The molecule has 0 bridgehead atoms. The first-order valence-electron chi connectivity index (χ1n) is 19.7. The second kappa shape index (κ2) is 19.0. The molecule has 0 spiro atoms. The normalized spacial score (nSPS) is 26.1. The van der Waals surface area contributed by atoms with Crippen LogP contribution in [0.2, 0.25) is 0 Å². The van der Waals surface area contributed by atoms with E-state index in [4.69, 9.17) is 27.9 Å². The van der Waals surface area contributed by atoms with Crippen LogP contribution in [0.25, 0.3) is 0 Å². The first-order valence-corrected chi connectivity index (χ1v) is 20.7. The average molecular weight is 714 g/mol. The highest BCUT2D eigenvalue weighted by atomic mass is 35.5. The van der Waals surface area contributed by atoms with Crippen LogP contribution < -0.4 is 10.2 Å². The number of benzene rings is 1. The third-order valence-electron chi connectivity index (χ3n) is 12.7. The summed E-state index contributed by atoms with van der Waals surface area (Å²) in [5.74, 6) is 4.66. The summed E-state index contributed by atoms with van der Waals surface area (Å²) in [4.78, 5) is 26.6. The average Bonchev–Trinajstić information content (AvgIpc) is 3.40. The minimum Gasteiger partial charge on any atom is -0.450 e. The van der Waals surface area contributed by atoms with Crippen LogP contribution in [-0.2, 0) is 16.0 Å². The first-order chi connectivity index (χ1) is 23.8. The number of carbonyl (C=O) groups excluding carboxylic acids is 2. The number of ketones is 1. The zero-order valence-electron chi connectivity index (χ0n) is 30.4. The van der Waals surface area contributed by atoms with Gasteiger partial charge < -0.3 is 15.0 Å². The zero-order chi connectivity index (χ0) is 34.6. The van der Waals surface area contributed by atoms with E-state index in [9.17, 15) is 9.59 Å². The van der Waals surface area contributed by atoms with Crippen molar-refractivity contribution in [3.05, 3.63) is 52.6 Å². The number of nitrogens with zero attached hydrogens (tertiary/aromatic N) is 1. The Kier molecular flexibility index (Phi) is 14.9. The quantitative estimate of drug-likeness (QED) is 0.115. The molecule has 49 heavy (non-hydrogen) atoms. The van der Waals surface area contributed by atoms with Crippen molar-refractivity contribution in [3.8, 4) is 0 Å². The summed E-state index contributed by atoms with van der Waals surface area (Å²) in [7, 11) is 0. The van der Waals surface area contributed by atoms with Crippen LogP contribution in [0, 0.1) is 29.1 Å². The van der Waals surface area contributed by atoms with Gasteiger partial charge in [0.2, 0.25) is 0 Å². The lowest BCUT2D eigenvalue weighted by Gasteiger charge is -2.52. The lowest BCUT2D eigenvalue weighted by atomic mass is 9.52. The van der Waals surface area contributed by atoms with Gasteiger partial charge in [0.1, 0.15) is 0 Å². The van der Waals surface area contributed by atoms with Gasteiger partial charge in [-0.25, -0.2) is 4.79 Å². The van der Waals surface area contributed by atoms with Crippen molar-refractivity contribution in [2.24, 2.45) is 29.1 Å². The molecule has 5 nitrogen and oxygen atoms in total. The molecule has 1 aromatic rings. The number of amides is 1. The van der Waals surface area contributed by atoms with Gasteiger partial charge in [-0.1, -0.05) is 70.1 Å². The number of fused-ring (bicyclic) bond motifs is 4. The van der Waals surface area contributed by atoms with E-state index in [1.165, 1.54) is 75.3 Å². The standard InChI is InChI=1S/C42H62Cl2N2O3/c1-31-13-22-39-38-20-16-33-29-36(47)19-21-37(33)40(38)34(30-42(31,39)2)12-8-6-4-3-5-7-9-28-49-41(48)45-25-10-11-32-14-17-35(18-15-32)46(26-23-43)27-24-44/h14-15,17-18,29,31,34,38-39H,3-13,16,19-28,30H2,1-2H3,(H,45,48)/t31-,34+,38?,39?,42-/m1/s1. The molecule has 5 rings (SSSR count). The molecule has 4 aliphatic carbocycles. The molecule has 0 aromatic heterocycles. The van der Waals surface area contributed by atoms with Crippen molar-refractivity contribution in [2.45, 2.75) is 123 Å². The highest BCUT2D eigenvalue weighted by molar-refractivity contribution is 6.18. The smallest absolute Gasteiger partial charge is 0.407 e. The number of allylic oxidation sites excluding steroid dienone is 4. The third-order valence-corrected chi connectivity index (χ3v) is 13.0. The van der Waals surface area contributed by atoms with E-state index in [2.05, 4.69) is 48.3 Å². The third kappa shape index (κ3) is 10.1. The van der Waals surface area contributed by atoms with Gasteiger partial charge in [0.25, 0.3) is 0 Å². The molecular weight excluding hydrogens is 651 g/mol. The van der Waals surface area contributed by atoms with E-state index in [1.54, 1.807) is 5.57 Å². The van der Waals surface area contributed by atoms with Gasteiger partial charge in [-0.3, -0.25) is 4.79 Å². The summed E-state index contributed by atoms with van der Waals surface area (Å²) in [6.45, 7) is 7.81. The van der Waals surface area contributed by atoms with E-state index < -0.39 is 0 Å². The predicted octanol–water partition coefficient (Wildman–Crippen LogP) is 10.8. The Labute approximate surface area is 307 Å². The molecule has 0 heterocycles. The second-order valence-electron chi connectivity index (χ2n) is 15.7. The van der Waals surface area contributed by atoms with Crippen molar-refractivity contribution in [1.29, 1.82) is 0 Å². The van der Waals surface area contributed by atoms with Crippen LogP contribution in [0.3, 0.4) is 0 Å². The molecule has 2 unspecified atom stereocenters. The SMILES string of the molecule is C[C@@H]1CCC2C3CCC4=CC(=O)CCC4=C3[C@@H](CCCCCCCCCOC(=O)NCCCc3ccc(N(CCCl)CCCl)cc3)C[C@@]21C. The fraction of sp³-hybridized carbons (Fsp3) is 0.714. The number of hydrogen-bond donors (Lipinski definition) is 1. The number of nitrogens with one attached hydrogen (secondary N) is 1. The number of alkyl halides is 2. The molecule has 1 N–H and O–H groups in total. The van der Waals surface area contributed by atoms with Crippen LogP contribution in [-0.4, -0.2) is 49.9 Å². The highest BCUT2D eigenvalue weighted by Gasteiger charge is 2.54. The summed E-state index contributed by atoms with van der Waals surface area (Å²) in [6.07, 6.45) is 21.5. The number of rotatable bonds is 19. The number of anilines is 1. The number of halogens is 2. The van der Waals surface area contributed by atoms with Gasteiger partial charge in [-0.15, -0.1) is 23.2 Å². The Morgan fingerprint density at radius 3 is 2.37 bits per heavy atom.